The second-order valence-corrected chi connectivity index (χ2v) is 7.67. The molecular weight excluding hydrogens is 390 g/mol. The lowest BCUT2D eigenvalue weighted by Gasteiger charge is -2.15. The van der Waals surface area contributed by atoms with E-state index in [1.807, 2.05) is 37.6 Å². The highest BCUT2D eigenvalue weighted by atomic mass is 35.5. The van der Waals surface area contributed by atoms with E-state index >= 15 is 0 Å². The number of halogens is 1. The maximum Gasteiger partial charge on any atom is 0.291 e. The Bertz CT molecular complexity index is 1020. The molecule has 154 valence electrons. The molecule has 0 unspecified atom stereocenters. The summed E-state index contributed by atoms with van der Waals surface area (Å²) in [4.78, 5) is 12.5. The lowest BCUT2D eigenvalue weighted by molar-refractivity contribution is 0.0992. The average molecular weight is 416 g/mol. The molecule has 0 aliphatic rings. The van der Waals surface area contributed by atoms with Gasteiger partial charge < -0.3 is 14.5 Å². The van der Waals surface area contributed by atoms with Crippen LogP contribution in [-0.4, -0.2) is 15.7 Å². The molecule has 0 saturated carbocycles. The Labute approximate surface area is 175 Å². The first-order chi connectivity index (χ1) is 13.8. The normalized spacial score (nSPS) is 11.1. The van der Waals surface area contributed by atoms with E-state index in [-0.39, 0.29) is 24.2 Å². The second kappa shape index (κ2) is 8.74. The zero-order chi connectivity index (χ0) is 21.1. The summed E-state index contributed by atoms with van der Waals surface area (Å²) >= 11 is 6.25. The van der Waals surface area contributed by atoms with Crippen molar-refractivity contribution in [3.63, 3.8) is 0 Å². The number of carbonyl (C=O) groups is 1. The summed E-state index contributed by atoms with van der Waals surface area (Å²) in [6.45, 7) is 11.0. The lowest BCUT2D eigenvalue weighted by atomic mass is 10.0. The van der Waals surface area contributed by atoms with Gasteiger partial charge in [0.1, 0.15) is 18.1 Å². The minimum absolute atomic E-state index is 0.223. The molecule has 3 aromatic rings. The predicted octanol–water partition coefficient (Wildman–Crippen LogP) is 5.72. The van der Waals surface area contributed by atoms with Gasteiger partial charge in [0, 0.05) is 11.6 Å². The summed E-state index contributed by atoms with van der Waals surface area (Å²) in [5.41, 5.74) is 3.56. The molecule has 0 spiro atoms. The highest BCUT2D eigenvalue weighted by molar-refractivity contribution is 6.31. The number of nitrogens with zero attached hydrogens (tertiary/aromatic N) is 2. The third kappa shape index (κ3) is 4.65. The van der Waals surface area contributed by atoms with Gasteiger partial charge in [-0.05, 0) is 62.1 Å². The monoisotopic (exact) mass is 415 g/mol. The van der Waals surface area contributed by atoms with Crippen LogP contribution in [0.5, 0.6) is 5.75 Å². The van der Waals surface area contributed by atoms with Crippen LogP contribution in [0.25, 0.3) is 0 Å². The molecule has 1 N–H and O–H groups in total. The minimum atomic E-state index is -0.319. The quantitative estimate of drug-likeness (QED) is 0.535. The van der Waals surface area contributed by atoms with Crippen LogP contribution in [0, 0.1) is 13.8 Å². The van der Waals surface area contributed by atoms with Crippen molar-refractivity contribution < 1.29 is 13.9 Å². The topological polar surface area (TPSA) is 69.3 Å². The van der Waals surface area contributed by atoms with Gasteiger partial charge in [-0.2, -0.15) is 5.10 Å². The molecule has 2 heterocycles. The summed E-state index contributed by atoms with van der Waals surface area (Å²) in [6.07, 6.45) is 1.64. The van der Waals surface area contributed by atoms with Gasteiger partial charge in [-0.25, -0.2) is 0 Å². The molecule has 6 nitrogen and oxygen atoms in total. The third-order valence-electron chi connectivity index (χ3n) is 4.82. The Kier molecular flexibility index (Phi) is 6.33. The fourth-order valence-corrected chi connectivity index (χ4v) is 3.22. The van der Waals surface area contributed by atoms with Crippen molar-refractivity contribution in [1.29, 1.82) is 0 Å². The zero-order valence-electron chi connectivity index (χ0n) is 17.4. The van der Waals surface area contributed by atoms with Crippen LogP contribution in [0.1, 0.15) is 59.8 Å². The molecule has 0 saturated heterocycles. The van der Waals surface area contributed by atoms with E-state index in [4.69, 9.17) is 20.8 Å². The van der Waals surface area contributed by atoms with Crippen molar-refractivity contribution in [2.75, 3.05) is 5.32 Å². The first-order valence-corrected chi connectivity index (χ1v) is 10.0. The maximum absolute atomic E-state index is 12.5. The minimum Gasteiger partial charge on any atom is -0.485 e. The second-order valence-electron chi connectivity index (χ2n) is 7.26. The van der Waals surface area contributed by atoms with E-state index in [0.717, 1.165) is 34.1 Å². The van der Waals surface area contributed by atoms with Crippen molar-refractivity contribution in [1.82, 2.24) is 9.78 Å². The predicted molar refractivity (Wildman–Crippen MR) is 114 cm³/mol. The van der Waals surface area contributed by atoms with Crippen molar-refractivity contribution >= 4 is 23.2 Å². The number of aromatic nitrogens is 2. The van der Waals surface area contributed by atoms with Crippen LogP contribution in [0.3, 0.4) is 0 Å². The van der Waals surface area contributed by atoms with Gasteiger partial charge in [0.25, 0.3) is 5.91 Å². The third-order valence-corrected chi connectivity index (χ3v) is 5.23. The fraction of sp³-hybridized carbons (Fsp3) is 0.364. The Morgan fingerprint density at radius 1 is 1.31 bits per heavy atom. The molecule has 3 rings (SSSR count). The van der Waals surface area contributed by atoms with E-state index in [1.165, 1.54) is 0 Å². The maximum atomic E-state index is 12.5. The molecule has 29 heavy (non-hydrogen) atoms. The summed E-state index contributed by atoms with van der Waals surface area (Å²) in [5.74, 6) is 1.52. The number of anilines is 1. The van der Waals surface area contributed by atoms with Crippen LogP contribution in [0.4, 0.5) is 5.69 Å². The van der Waals surface area contributed by atoms with Gasteiger partial charge in [-0.3, -0.25) is 9.48 Å². The molecule has 1 amide bonds. The van der Waals surface area contributed by atoms with Crippen LogP contribution >= 0.6 is 11.6 Å². The number of amides is 1. The van der Waals surface area contributed by atoms with Crippen molar-refractivity contribution in [2.24, 2.45) is 0 Å². The summed E-state index contributed by atoms with van der Waals surface area (Å²) in [6, 6.07) is 7.26. The number of hydrogen-bond acceptors (Lipinski definition) is 4. The molecule has 0 aliphatic heterocycles. The Hall–Kier alpha value is -2.73. The van der Waals surface area contributed by atoms with Gasteiger partial charge in [0.2, 0.25) is 0 Å². The molecule has 0 bridgehead atoms. The number of carbonyl (C=O) groups excluding carboxylic acids is 1. The molecule has 0 radical (unpaired) electrons. The molecule has 2 aromatic heterocycles. The first kappa shape index (κ1) is 21.0. The molecule has 1 aromatic carbocycles. The standard InChI is InChI=1S/C22H26ClN3O3/c1-6-26-15(5)19(11-24-26)25-22(27)20-8-7-16(29-20)12-28-21-9-14(4)18(23)10-17(21)13(2)3/h7-11,13H,6,12H2,1-5H3,(H,25,27). The number of ether oxygens (including phenoxy) is 1. The molecular formula is C22H26ClN3O3. The Balaban J connectivity index is 1.68. The fourth-order valence-electron chi connectivity index (χ4n) is 3.04. The summed E-state index contributed by atoms with van der Waals surface area (Å²) < 4.78 is 13.5. The number of nitrogens with one attached hydrogen (secondary N) is 1. The SMILES string of the molecule is CCn1ncc(NC(=O)c2ccc(COc3cc(C)c(Cl)cc3C(C)C)o2)c1C. The van der Waals surface area contributed by atoms with Gasteiger partial charge in [0.05, 0.1) is 17.6 Å². The van der Waals surface area contributed by atoms with Crippen LogP contribution in [0.2, 0.25) is 5.02 Å². The number of benzene rings is 1. The molecule has 0 aliphatic carbocycles. The van der Waals surface area contributed by atoms with Crippen LogP contribution < -0.4 is 10.1 Å². The number of hydrogen-bond donors (Lipinski definition) is 1. The van der Waals surface area contributed by atoms with Gasteiger partial charge in [-0.15, -0.1) is 0 Å². The summed E-state index contributed by atoms with van der Waals surface area (Å²) in [5, 5.41) is 7.78. The largest absolute Gasteiger partial charge is 0.485 e. The van der Waals surface area contributed by atoms with E-state index in [0.29, 0.717) is 11.4 Å². The van der Waals surface area contributed by atoms with Crippen LogP contribution in [-0.2, 0) is 13.2 Å². The van der Waals surface area contributed by atoms with Gasteiger partial charge in [-0.1, -0.05) is 25.4 Å². The lowest BCUT2D eigenvalue weighted by Crippen LogP contribution is -2.11. The van der Waals surface area contributed by atoms with E-state index in [1.54, 1.807) is 18.3 Å². The number of furan rings is 1. The number of aryl methyl sites for hydroxylation is 2. The molecule has 7 heteroatoms. The van der Waals surface area contributed by atoms with Crippen molar-refractivity contribution in [2.45, 2.75) is 53.7 Å². The highest BCUT2D eigenvalue weighted by Gasteiger charge is 2.16. The summed E-state index contributed by atoms with van der Waals surface area (Å²) in [7, 11) is 0. The molecule has 0 atom stereocenters. The highest BCUT2D eigenvalue weighted by Crippen LogP contribution is 2.32. The Morgan fingerprint density at radius 2 is 2.07 bits per heavy atom. The van der Waals surface area contributed by atoms with E-state index in [9.17, 15) is 4.79 Å². The van der Waals surface area contributed by atoms with E-state index in [2.05, 4.69) is 24.3 Å². The average Bonchev–Trinajstić information content (AvgIpc) is 3.29. The van der Waals surface area contributed by atoms with Crippen LogP contribution in [0.15, 0.2) is 34.9 Å². The van der Waals surface area contributed by atoms with Crippen molar-refractivity contribution in [3.05, 3.63) is 63.8 Å². The number of rotatable bonds is 7. The van der Waals surface area contributed by atoms with Crippen molar-refractivity contribution in [3.8, 4) is 5.75 Å². The zero-order valence-corrected chi connectivity index (χ0v) is 18.1. The Morgan fingerprint density at radius 3 is 2.72 bits per heavy atom. The van der Waals surface area contributed by atoms with Gasteiger partial charge in [0.15, 0.2) is 5.76 Å². The molecule has 0 fully saturated rings. The van der Waals surface area contributed by atoms with Gasteiger partial charge >= 0.3 is 0 Å². The first-order valence-electron chi connectivity index (χ1n) is 9.65. The smallest absolute Gasteiger partial charge is 0.291 e. The van der Waals surface area contributed by atoms with E-state index < -0.39 is 0 Å².